The third kappa shape index (κ3) is 4.60. The zero-order valence-electron chi connectivity index (χ0n) is 19.3. The largest absolute Gasteiger partial charge is 0.479 e. The van der Waals surface area contributed by atoms with Gasteiger partial charge in [0.1, 0.15) is 5.75 Å². The van der Waals surface area contributed by atoms with E-state index >= 15 is 0 Å². The number of rotatable bonds is 4. The predicted molar refractivity (Wildman–Crippen MR) is 126 cm³/mol. The maximum absolute atomic E-state index is 13.5. The van der Waals surface area contributed by atoms with E-state index in [2.05, 4.69) is 10.6 Å². The average molecular weight is 472 g/mol. The van der Waals surface area contributed by atoms with E-state index in [0.717, 1.165) is 11.1 Å². The molecule has 2 aromatic carbocycles. The number of hydrogen-bond donors (Lipinski definition) is 2. The fourth-order valence-electron chi connectivity index (χ4n) is 4.20. The highest BCUT2D eigenvalue weighted by Gasteiger charge is 2.35. The van der Waals surface area contributed by atoms with Crippen molar-refractivity contribution in [1.82, 2.24) is 4.31 Å². The van der Waals surface area contributed by atoms with Crippen LogP contribution in [-0.4, -0.2) is 43.7 Å². The Kier molecular flexibility index (Phi) is 6.20. The second-order valence-electron chi connectivity index (χ2n) is 8.85. The Morgan fingerprint density at radius 3 is 2.61 bits per heavy atom. The van der Waals surface area contributed by atoms with Crippen LogP contribution in [0.3, 0.4) is 0 Å². The van der Waals surface area contributed by atoms with Crippen LogP contribution < -0.4 is 15.4 Å². The number of ether oxygens (including phenoxy) is 1. The lowest BCUT2D eigenvalue weighted by molar-refractivity contribution is -0.123. The Balaban J connectivity index is 1.54. The number of benzene rings is 2. The van der Waals surface area contributed by atoms with Gasteiger partial charge in [0.2, 0.25) is 15.9 Å². The zero-order valence-corrected chi connectivity index (χ0v) is 20.1. The van der Waals surface area contributed by atoms with Gasteiger partial charge in [0.25, 0.3) is 5.91 Å². The molecule has 2 N–H and O–H groups in total. The molecule has 2 aromatic rings. The van der Waals surface area contributed by atoms with Crippen LogP contribution in [0.5, 0.6) is 5.75 Å². The second-order valence-corrected chi connectivity index (χ2v) is 10.8. The van der Waals surface area contributed by atoms with Crippen LogP contribution in [-0.2, 0) is 19.6 Å². The minimum absolute atomic E-state index is 0.115. The quantitative estimate of drug-likeness (QED) is 0.711. The summed E-state index contributed by atoms with van der Waals surface area (Å²) in [5, 5.41) is 5.67. The highest BCUT2D eigenvalue weighted by molar-refractivity contribution is 7.89. The van der Waals surface area contributed by atoms with Gasteiger partial charge in [-0.05, 0) is 75.4 Å². The predicted octanol–water partition coefficient (Wildman–Crippen LogP) is 3.37. The molecule has 0 radical (unpaired) electrons. The van der Waals surface area contributed by atoms with Gasteiger partial charge in [0.15, 0.2) is 6.10 Å². The van der Waals surface area contributed by atoms with Crippen molar-refractivity contribution in [2.24, 2.45) is 5.92 Å². The van der Waals surface area contributed by atoms with Gasteiger partial charge in [0.05, 0.1) is 16.5 Å². The smallest absolute Gasteiger partial charge is 0.265 e. The molecule has 0 aromatic heterocycles. The summed E-state index contributed by atoms with van der Waals surface area (Å²) < 4.78 is 34.0. The number of aryl methyl sites for hydroxylation is 3. The molecule has 2 aliphatic heterocycles. The maximum Gasteiger partial charge on any atom is 0.265 e. The SMILES string of the molecule is Cc1ccc(NC(=O)[C@@H]2CCCN(S(=O)(=O)c3cc4c(cc3C)NC(=O)[C@@H](C)O4)C2)cc1C. The molecule has 0 unspecified atom stereocenters. The normalized spacial score (nSPS) is 21.0. The summed E-state index contributed by atoms with van der Waals surface area (Å²) in [4.78, 5) is 24.9. The topological polar surface area (TPSA) is 105 Å². The van der Waals surface area contributed by atoms with Crippen molar-refractivity contribution >= 4 is 33.2 Å². The van der Waals surface area contributed by atoms with Gasteiger partial charge in [0, 0.05) is 24.8 Å². The molecule has 2 heterocycles. The Bertz CT molecular complexity index is 1220. The Hall–Kier alpha value is -2.91. The van der Waals surface area contributed by atoms with Gasteiger partial charge in [-0.15, -0.1) is 0 Å². The lowest BCUT2D eigenvalue weighted by Crippen LogP contribution is -2.44. The third-order valence-corrected chi connectivity index (χ3v) is 8.36. The van der Waals surface area contributed by atoms with E-state index in [1.807, 2.05) is 32.0 Å². The number of hydrogen-bond acceptors (Lipinski definition) is 5. The van der Waals surface area contributed by atoms with E-state index < -0.39 is 22.0 Å². The summed E-state index contributed by atoms with van der Waals surface area (Å²) in [7, 11) is -3.85. The van der Waals surface area contributed by atoms with Crippen LogP contribution in [0.15, 0.2) is 35.2 Å². The minimum atomic E-state index is -3.85. The minimum Gasteiger partial charge on any atom is -0.479 e. The van der Waals surface area contributed by atoms with Gasteiger partial charge in [-0.3, -0.25) is 9.59 Å². The Morgan fingerprint density at radius 1 is 1.12 bits per heavy atom. The highest BCUT2D eigenvalue weighted by Crippen LogP contribution is 2.36. The molecule has 0 aliphatic carbocycles. The molecule has 33 heavy (non-hydrogen) atoms. The zero-order chi connectivity index (χ0) is 23.9. The summed E-state index contributed by atoms with van der Waals surface area (Å²) in [6, 6.07) is 8.80. The summed E-state index contributed by atoms with van der Waals surface area (Å²) >= 11 is 0. The first-order valence-electron chi connectivity index (χ1n) is 11.1. The van der Waals surface area contributed by atoms with E-state index in [1.165, 1.54) is 10.4 Å². The fourth-order valence-corrected chi connectivity index (χ4v) is 5.94. The molecule has 2 atom stereocenters. The van der Waals surface area contributed by atoms with E-state index in [1.54, 1.807) is 19.9 Å². The molecule has 0 saturated carbocycles. The van der Waals surface area contributed by atoms with E-state index in [0.29, 0.717) is 42.1 Å². The lowest BCUT2D eigenvalue weighted by atomic mass is 9.98. The van der Waals surface area contributed by atoms with Gasteiger partial charge < -0.3 is 15.4 Å². The van der Waals surface area contributed by atoms with Gasteiger partial charge in [-0.1, -0.05) is 6.07 Å². The van der Waals surface area contributed by atoms with Gasteiger partial charge >= 0.3 is 0 Å². The van der Waals surface area contributed by atoms with Crippen LogP contribution in [0.1, 0.15) is 36.5 Å². The molecular weight excluding hydrogens is 442 g/mol. The van der Waals surface area contributed by atoms with E-state index in [4.69, 9.17) is 4.74 Å². The highest BCUT2D eigenvalue weighted by atomic mass is 32.2. The number of fused-ring (bicyclic) bond motifs is 1. The van der Waals surface area contributed by atoms with Crippen LogP contribution in [0, 0.1) is 26.7 Å². The molecule has 4 rings (SSSR count). The number of anilines is 2. The summed E-state index contributed by atoms with van der Waals surface area (Å²) in [6.45, 7) is 7.74. The van der Waals surface area contributed by atoms with Crippen molar-refractivity contribution in [3.63, 3.8) is 0 Å². The third-order valence-electron chi connectivity index (χ3n) is 6.36. The van der Waals surface area contributed by atoms with Gasteiger partial charge in [-0.2, -0.15) is 4.31 Å². The van der Waals surface area contributed by atoms with Crippen LogP contribution in [0.25, 0.3) is 0 Å². The molecule has 9 heteroatoms. The first kappa shape index (κ1) is 23.3. The molecular formula is C24H29N3O5S. The van der Waals surface area contributed by atoms with Crippen LogP contribution >= 0.6 is 0 Å². The number of sulfonamides is 1. The number of carbonyl (C=O) groups excluding carboxylic acids is 2. The monoisotopic (exact) mass is 471 g/mol. The van der Waals surface area contributed by atoms with Crippen LogP contribution in [0.2, 0.25) is 0 Å². The summed E-state index contributed by atoms with van der Waals surface area (Å²) in [5.41, 5.74) is 3.90. The number of nitrogens with zero attached hydrogens (tertiary/aromatic N) is 1. The summed E-state index contributed by atoms with van der Waals surface area (Å²) in [5.74, 6) is -0.567. The van der Waals surface area contributed by atoms with E-state index in [-0.39, 0.29) is 23.3 Å². The van der Waals surface area contributed by atoms with Crippen molar-refractivity contribution in [2.75, 3.05) is 23.7 Å². The number of amides is 2. The first-order chi connectivity index (χ1) is 15.6. The molecule has 0 bridgehead atoms. The lowest BCUT2D eigenvalue weighted by Gasteiger charge is -2.32. The number of carbonyl (C=O) groups is 2. The molecule has 0 spiro atoms. The van der Waals surface area contributed by atoms with Crippen molar-refractivity contribution in [3.8, 4) is 5.75 Å². The van der Waals surface area contributed by atoms with E-state index in [9.17, 15) is 18.0 Å². The maximum atomic E-state index is 13.5. The van der Waals surface area contributed by atoms with Crippen molar-refractivity contribution < 1.29 is 22.7 Å². The summed E-state index contributed by atoms with van der Waals surface area (Å²) in [6.07, 6.45) is 0.514. The molecule has 8 nitrogen and oxygen atoms in total. The van der Waals surface area contributed by atoms with Crippen molar-refractivity contribution in [3.05, 3.63) is 47.0 Å². The van der Waals surface area contributed by atoms with Crippen LogP contribution in [0.4, 0.5) is 11.4 Å². The first-order valence-corrected chi connectivity index (χ1v) is 12.5. The van der Waals surface area contributed by atoms with Crippen molar-refractivity contribution in [1.29, 1.82) is 0 Å². The fraction of sp³-hybridized carbons (Fsp3) is 0.417. The standard InChI is InChI=1S/C24H29N3O5S/c1-14-7-8-19(10-15(14)2)25-24(29)18-6-5-9-27(13-18)33(30,31)22-12-21-20(11-16(22)3)26-23(28)17(4)32-21/h7-8,10-12,17-18H,5-6,9,13H2,1-4H3,(H,25,29)(H,26,28)/t17-,18-/m1/s1. The Labute approximate surface area is 194 Å². The average Bonchev–Trinajstić information content (AvgIpc) is 2.77. The number of piperidine rings is 1. The molecule has 1 fully saturated rings. The Morgan fingerprint density at radius 2 is 1.88 bits per heavy atom. The molecule has 2 aliphatic rings. The van der Waals surface area contributed by atoms with Crippen molar-refractivity contribution in [2.45, 2.75) is 51.5 Å². The van der Waals surface area contributed by atoms with Gasteiger partial charge in [-0.25, -0.2) is 8.42 Å². The number of nitrogens with one attached hydrogen (secondary N) is 2. The molecule has 2 amide bonds. The molecule has 176 valence electrons. The second kappa shape index (κ2) is 8.79. The molecule has 1 saturated heterocycles.